The van der Waals surface area contributed by atoms with Crippen molar-refractivity contribution in [2.45, 2.75) is 58.3 Å². The van der Waals surface area contributed by atoms with Crippen molar-refractivity contribution in [2.24, 2.45) is 0 Å². The van der Waals surface area contributed by atoms with Crippen LogP contribution in [0.5, 0.6) is 0 Å². The Balaban J connectivity index is 2.70. The molecule has 0 saturated carbocycles. The number of anilines is 1. The molecule has 0 aliphatic heterocycles. The van der Waals surface area contributed by atoms with E-state index in [-0.39, 0.29) is 0 Å². The third kappa shape index (κ3) is 3.84. The second kappa shape index (κ2) is 7.26. The molecule has 0 aliphatic rings. The zero-order chi connectivity index (χ0) is 11.8. The molecule has 0 aliphatic carbocycles. The van der Waals surface area contributed by atoms with Gasteiger partial charge in [-0.25, -0.2) is 4.98 Å². The van der Waals surface area contributed by atoms with Crippen molar-refractivity contribution in [1.82, 2.24) is 4.98 Å². The number of hydrogen-bond acceptors (Lipinski definition) is 2. The van der Waals surface area contributed by atoms with E-state index in [1.54, 1.807) is 6.20 Å². The minimum Gasteiger partial charge on any atom is -0.383 e. The van der Waals surface area contributed by atoms with Gasteiger partial charge in [0, 0.05) is 6.20 Å². The maximum absolute atomic E-state index is 5.95. The van der Waals surface area contributed by atoms with Gasteiger partial charge in [0.05, 0.1) is 0 Å². The fraction of sp³-hybridized carbons (Fsp3) is 0.643. The van der Waals surface area contributed by atoms with Gasteiger partial charge >= 0.3 is 0 Å². The first kappa shape index (κ1) is 13.0. The first-order valence-corrected chi connectivity index (χ1v) is 6.50. The summed E-state index contributed by atoms with van der Waals surface area (Å²) >= 11 is 0. The van der Waals surface area contributed by atoms with Crippen LogP contribution >= 0.6 is 0 Å². The van der Waals surface area contributed by atoms with Crippen LogP contribution in [0.4, 0.5) is 5.82 Å². The second-order valence-electron chi connectivity index (χ2n) is 4.46. The highest BCUT2D eigenvalue weighted by Gasteiger charge is 2.13. The van der Waals surface area contributed by atoms with Gasteiger partial charge in [-0.05, 0) is 30.4 Å². The molecule has 1 rings (SSSR count). The van der Waals surface area contributed by atoms with Crippen molar-refractivity contribution in [2.75, 3.05) is 5.73 Å². The van der Waals surface area contributed by atoms with Crippen molar-refractivity contribution >= 4 is 5.82 Å². The van der Waals surface area contributed by atoms with Gasteiger partial charge in [0.15, 0.2) is 0 Å². The summed E-state index contributed by atoms with van der Waals surface area (Å²) in [6.07, 6.45) is 9.32. The maximum Gasteiger partial charge on any atom is 0.126 e. The molecule has 0 unspecified atom stereocenters. The van der Waals surface area contributed by atoms with Crippen molar-refractivity contribution in [3.05, 3.63) is 23.9 Å². The van der Waals surface area contributed by atoms with E-state index in [1.165, 1.54) is 44.1 Å². The molecule has 2 heteroatoms. The molecule has 1 aromatic heterocycles. The predicted octanol–water partition coefficient (Wildman–Crippen LogP) is 4.13. The molecule has 90 valence electrons. The van der Waals surface area contributed by atoms with Crippen LogP contribution < -0.4 is 5.73 Å². The lowest BCUT2D eigenvalue weighted by Gasteiger charge is -2.17. The monoisotopic (exact) mass is 220 g/mol. The lowest BCUT2D eigenvalue weighted by atomic mass is 9.89. The minimum atomic E-state index is 0.605. The number of hydrogen-bond donors (Lipinski definition) is 1. The van der Waals surface area contributed by atoms with Crippen molar-refractivity contribution < 1.29 is 0 Å². The molecule has 0 bridgehead atoms. The van der Waals surface area contributed by atoms with Gasteiger partial charge in [0.25, 0.3) is 0 Å². The summed E-state index contributed by atoms with van der Waals surface area (Å²) in [5.74, 6) is 1.33. The van der Waals surface area contributed by atoms with Gasteiger partial charge < -0.3 is 5.73 Å². The van der Waals surface area contributed by atoms with Crippen LogP contribution in [0.25, 0.3) is 0 Å². The molecule has 0 amide bonds. The van der Waals surface area contributed by atoms with E-state index in [1.807, 2.05) is 6.07 Å². The molecule has 2 N–H and O–H groups in total. The van der Waals surface area contributed by atoms with Crippen LogP contribution in [-0.2, 0) is 0 Å². The van der Waals surface area contributed by atoms with E-state index in [9.17, 15) is 0 Å². The molecule has 0 aromatic carbocycles. The highest BCUT2D eigenvalue weighted by molar-refractivity contribution is 5.41. The van der Waals surface area contributed by atoms with E-state index in [4.69, 9.17) is 5.73 Å². The fourth-order valence-corrected chi connectivity index (χ4v) is 2.13. The van der Waals surface area contributed by atoms with E-state index in [0.29, 0.717) is 5.92 Å². The first-order valence-electron chi connectivity index (χ1n) is 6.50. The van der Waals surface area contributed by atoms with E-state index < -0.39 is 0 Å². The normalized spacial score (nSPS) is 10.9. The lowest BCUT2D eigenvalue weighted by molar-refractivity contribution is 0.525. The molecule has 0 saturated heterocycles. The molecule has 0 atom stereocenters. The number of nitrogens with zero attached hydrogens (tertiary/aromatic N) is 1. The number of pyridine rings is 1. The Morgan fingerprint density at radius 2 is 1.81 bits per heavy atom. The highest BCUT2D eigenvalue weighted by Crippen LogP contribution is 2.30. The lowest BCUT2D eigenvalue weighted by Crippen LogP contribution is -2.04. The average Bonchev–Trinajstić information content (AvgIpc) is 2.31. The molecular formula is C14H24N2. The molecule has 2 nitrogen and oxygen atoms in total. The van der Waals surface area contributed by atoms with Gasteiger partial charge in [-0.15, -0.1) is 0 Å². The molecule has 16 heavy (non-hydrogen) atoms. The number of unbranched alkanes of at least 4 members (excludes halogenated alkanes) is 2. The Hall–Kier alpha value is -1.05. The third-order valence-corrected chi connectivity index (χ3v) is 3.12. The van der Waals surface area contributed by atoms with Gasteiger partial charge in [0.2, 0.25) is 0 Å². The van der Waals surface area contributed by atoms with E-state index >= 15 is 0 Å². The molecular weight excluding hydrogens is 196 g/mol. The quantitative estimate of drug-likeness (QED) is 0.750. The molecule has 1 heterocycles. The van der Waals surface area contributed by atoms with E-state index in [2.05, 4.69) is 24.9 Å². The zero-order valence-corrected chi connectivity index (χ0v) is 10.6. The Labute approximate surface area is 99.3 Å². The Bertz CT molecular complexity index is 289. The Kier molecular flexibility index (Phi) is 5.91. The second-order valence-corrected chi connectivity index (χ2v) is 4.46. The minimum absolute atomic E-state index is 0.605. The van der Waals surface area contributed by atoms with Crippen LogP contribution in [0.1, 0.15) is 63.9 Å². The number of nitrogen functional groups attached to an aromatic ring is 1. The summed E-state index contributed by atoms with van der Waals surface area (Å²) in [6, 6.07) is 4.13. The average molecular weight is 220 g/mol. The standard InChI is InChI=1S/C14H24N2/c1-3-5-8-12(9-6-4-2)13-10-7-11-16-14(13)15/h7,10-12H,3-6,8-9H2,1-2H3,(H2,15,16). The topological polar surface area (TPSA) is 38.9 Å². The summed E-state index contributed by atoms with van der Waals surface area (Å²) in [4.78, 5) is 4.19. The summed E-state index contributed by atoms with van der Waals surface area (Å²) in [5, 5.41) is 0. The van der Waals surface area contributed by atoms with E-state index in [0.717, 1.165) is 5.82 Å². The van der Waals surface area contributed by atoms with Crippen LogP contribution in [0.15, 0.2) is 18.3 Å². The summed E-state index contributed by atoms with van der Waals surface area (Å²) < 4.78 is 0. The van der Waals surface area contributed by atoms with Crippen LogP contribution in [0.3, 0.4) is 0 Å². The van der Waals surface area contributed by atoms with Gasteiger partial charge in [-0.3, -0.25) is 0 Å². The van der Waals surface area contributed by atoms with Gasteiger partial charge in [0.1, 0.15) is 5.82 Å². The number of nitrogens with two attached hydrogens (primary N) is 1. The molecule has 1 aromatic rings. The number of aromatic nitrogens is 1. The number of rotatable bonds is 7. The predicted molar refractivity (Wildman–Crippen MR) is 70.4 cm³/mol. The van der Waals surface area contributed by atoms with Crippen molar-refractivity contribution in [1.29, 1.82) is 0 Å². The molecule has 0 fully saturated rings. The molecule has 0 spiro atoms. The van der Waals surface area contributed by atoms with Crippen LogP contribution in [0.2, 0.25) is 0 Å². The Morgan fingerprint density at radius 3 is 2.31 bits per heavy atom. The third-order valence-electron chi connectivity index (χ3n) is 3.12. The Morgan fingerprint density at radius 1 is 1.19 bits per heavy atom. The fourth-order valence-electron chi connectivity index (χ4n) is 2.13. The zero-order valence-electron chi connectivity index (χ0n) is 10.6. The maximum atomic E-state index is 5.95. The smallest absolute Gasteiger partial charge is 0.126 e. The SMILES string of the molecule is CCCCC(CCCC)c1cccnc1N. The first-order chi connectivity index (χ1) is 7.79. The van der Waals surface area contributed by atoms with Crippen molar-refractivity contribution in [3.8, 4) is 0 Å². The van der Waals surface area contributed by atoms with Crippen molar-refractivity contribution in [3.63, 3.8) is 0 Å². The molecule has 0 radical (unpaired) electrons. The van der Waals surface area contributed by atoms with Gasteiger partial charge in [-0.1, -0.05) is 45.6 Å². The summed E-state index contributed by atoms with van der Waals surface area (Å²) in [7, 11) is 0. The summed E-state index contributed by atoms with van der Waals surface area (Å²) in [5.41, 5.74) is 7.21. The largest absolute Gasteiger partial charge is 0.383 e. The highest BCUT2D eigenvalue weighted by atomic mass is 14.8. The summed E-state index contributed by atoms with van der Waals surface area (Å²) in [6.45, 7) is 4.48. The van der Waals surface area contributed by atoms with Crippen LogP contribution in [0, 0.1) is 0 Å². The van der Waals surface area contributed by atoms with Crippen LogP contribution in [-0.4, -0.2) is 4.98 Å². The van der Waals surface area contributed by atoms with Gasteiger partial charge in [-0.2, -0.15) is 0 Å².